The van der Waals surface area contributed by atoms with Crippen molar-refractivity contribution in [2.75, 3.05) is 0 Å². The minimum Gasteiger partial charge on any atom is -0.456 e. The van der Waals surface area contributed by atoms with Crippen LogP contribution in [0.3, 0.4) is 0 Å². The molecule has 4 nitrogen and oxygen atoms in total. The van der Waals surface area contributed by atoms with Gasteiger partial charge < -0.3 is 4.42 Å². The number of furan rings is 1. The molecule has 0 spiro atoms. The molecule has 250 valence electrons. The highest BCUT2D eigenvalue weighted by Gasteiger charge is 2.24. The number of fused-ring (bicyclic) bond motifs is 11. The molecule has 0 amide bonds. The van der Waals surface area contributed by atoms with Crippen molar-refractivity contribution in [3.8, 4) is 28.3 Å². The molecule has 0 fully saturated rings. The van der Waals surface area contributed by atoms with E-state index in [0.29, 0.717) is 5.95 Å². The number of rotatable bonds is 3. The van der Waals surface area contributed by atoms with Gasteiger partial charge in [0.05, 0.1) is 22.2 Å². The van der Waals surface area contributed by atoms with Crippen LogP contribution in [0.2, 0.25) is 0 Å². The summed E-state index contributed by atoms with van der Waals surface area (Å²) in [6.07, 6.45) is 0. The molecule has 0 unspecified atom stereocenters. The number of nitrogens with zero attached hydrogens (tertiary/aromatic N) is 3. The van der Waals surface area contributed by atoms with Crippen LogP contribution in [0, 0.1) is 0 Å². The third kappa shape index (κ3) is 4.19. The Labute approximate surface area is 309 Å². The predicted octanol–water partition coefficient (Wildman–Crippen LogP) is 13.4. The predicted molar refractivity (Wildman–Crippen MR) is 225 cm³/mol. The topological polar surface area (TPSA) is 43.9 Å². The van der Waals surface area contributed by atoms with E-state index in [-0.39, 0.29) is 0 Å². The Morgan fingerprint density at radius 1 is 0.407 bits per heavy atom. The third-order valence-electron chi connectivity index (χ3n) is 11.1. The van der Waals surface area contributed by atoms with E-state index in [2.05, 4.69) is 168 Å². The molecular weight excluding hydrogens is 659 g/mol. The summed E-state index contributed by atoms with van der Waals surface area (Å²) in [5, 5.41) is 12.7. The number of hydrogen-bond donors (Lipinski definition) is 0. The van der Waals surface area contributed by atoms with Crippen LogP contribution in [0.25, 0.3) is 115 Å². The van der Waals surface area contributed by atoms with Crippen molar-refractivity contribution in [2.45, 2.75) is 0 Å². The van der Waals surface area contributed by atoms with Crippen molar-refractivity contribution in [1.82, 2.24) is 14.5 Å². The zero-order valence-corrected chi connectivity index (χ0v) is 29.0. The van der Waals surface area contributed by atoms with Crippen LogP contribution < -0.4 is 0 Å². The molecule has 0 aliphatic carbocycles. The maximum absolute atomic E-state index is 6.31. The van der Waals surface area contributed by atoms with Gasteiger partial charge >= 0.3 is 0 Å². The van der Waals surface area contributed by atoms with Gasteiger partial charge in [-0.05, 0) is 80.3 Å². The van der Waals surface area contributed by atoms with E-state index >= 15 is 0 Å². The molecule has 0 N–H and O–H groups in total. The molecule has 3 heterocycles. The highest BCUT2D eigenvalue weighted by molar-refractivity contribution is 6.27. The minimum atomic E-state index is 0.638. The van der Waals surface area contributed by atoms with Crippen LogP contribution in [-0.4, -0.2) is 14.5 Å². The molecule has 0 aliphatic heterocycles. The lowest BCUT2D eigenvalue weighted by molar-refractivity contribution is 0.669. The lowest BCUT2D eigenvalue weighted by Gasteiger charge is -2.15. The first-order valence-corrected chi connectivity index (χ1v) is 18.3. The van der Waals surface area contributed by atoms with Gasteiger partial charge in [0, 0.05) is 38.1 Å². The van der Waals surface area contributed by atoms with Crippen LogP contribution in [0.15, 0.2) is 180 Å². The highest BCUT2D eigenvalue weighted by atomic mass is 16.3. The van der Waals surface area contributed by atoms with Gasteiger partial charge in [-0.25, -0.2) is 9.97 Å². The largest absolute Gasteiger partial charge is 0.456 e. The lowest BCUT2D eigenvalue weighted by Crippen LogP contribution is -2.04. The fourth-order valence-electron chi connectivity index (χ4n) is 8.71. The maximum Gasteiger partial charge on any atom is 0.235 e. The summed E-state index contributed by atoms with van der Waals surface area (Å²) >= 11 is 0. The molecule has 0 radical (unpaired) electrons. The molecule has 0 saturated carbocycles. The van der Waals surface area contributed by atoms with Gasteiger partial charge in [0.1, 0.15) is 11.2 Å². The summed E-state index contributed by atoms with van der Waals surface area (Å²) in [5.74, 6) is 0.638. The van der Waals surface area contributed by atoms with Gasteiger partial charge in [-0.3, -0.25) is 4.57 Å². The first kappa shape index (κ1) is 29.3. The lowest BCUT2D eigenvalue weighted by atomic mass is 9.93. The van der Waals surface area contributed by atoms with E-state index in [4.69, 9.17) is 14.4 Å². The molecule has 3 aromatic heterocycles. The average molecular weight is 688 g/mol. The summed E-state index contributed by atoms with van der Waals surface area (Å²) in [6.45, 7) is 0. The summed E-state index contributed by atoms with van der Waals surface area (Å²) in [7, 11) is 0. The molecular formula is C50H29N3O. The Morgan fingerprint density at radius 2 is 1.07 bits per heavy atom. The Balaban J connectivity index is 1.26. The normalized spacial score (nSPS) is 12.1. The number of benzene rings is 9. The van der Waals surface area contributed by atoms with Gasteiger partial charge in [0.25, 0.3) is 0 Å². The van der Waals surface area contributed by atoms with Gasteiger partial charge in [0.2, 0.25) is 5.95 Å². The van der Waals surface area contributed by atoms with Gasteiger partial charge in [-0.15, -0.1) is 0 Å². The minimum absolute atomic E-state index is 0.638. The molecule has 0 aliphatic rings. The Morgan fingerprint density at radius 3 is 1.96 bits per heavy atom. The number of aromatic nitrogens is 3. The van der Waals surface area contributed by atoms with E-state index in [1.54, 1.807) is 0 Å². The van der Waals surface area contributed by atoms with Gasteiger partial charge in [0.15, 0.2) is 0 Å². The fourth-order valence-corrected chi connectivity index (χ4v) is 8.71. The quantitative estimate of drug-likeness (QED) is 0.186. The van der Waals surface area contributed by atoms with Gasteiger partial charge in [-0.2, -0.15) is 0 Å². The van der Waals surface area contributed by atoms with Gasteiger partial charge in [-0.1, -0.05) is 133 Å². The molecule has 54 heavy (non-hydrogen) atoms. The zero-order valence-electron chi connectivity index (χ0n) is 29.0. The van der Waals surface area contributed by atoms with Crippen molar-refractivity contribution in [1.29, 1.82) is 0 Å². The van der Waals surface area contributed by atoms with E-state index in [9.17, 15) is 0 Å². The van der Waals surface area contributed by atoms with Crippen LogP contribution in [0.1, 0.15) is 0 Å². The Hall–Kier alpha value is -7.30. The first-order valence-electron chi connectivity index (χ1n) is 18.3. The van der Waals surface area contributed by atoms with Crippen LogP contribution in [0.5, 0.6) is 0 Å². The second-order valence-corrected chi connectivity index (χ2v) is 14.1. The average Bonchev–Trinajstić information content (AvgIpc) is 3.77. The van der Waals surface area contributed by atoms with Crippen molar-refractivity contribution in [3.63, 3.8) is 0 Å². The molecule has 0 atom stereocenters. The van der Waals surface area contributed by atoms with Crippen LogP contribution >= 0.6 is 0 Å². The zero-order chi connectivity index (χ0) is 35.3. The van der Waals surface area contributed by atoms with Crippen molar-refractivity contribution >= 4 is 87.0 Å². The van der Waals surface area contributed by atoms with Crippen LogP contribution in [0.4, 0.5) is 0 Å². The Bertz CT molecular complexity index is 3520. The van der Waals surface area contributed by atoms with E-state index in [1.807, 2.05) is 12.1 Å². The van der Waals surface area contributed by atoms with Crippen molar-refractivity contribution in [3.05, 3.63) is 176 Å². The summed E-state index contributed by atoms with van der Waals surface area (Å²) in [4.78, 5) is 10.9. The summed E-state index contributed by atoms with van der Waals surface area (Å²) in [6, 6.07) is 62.6. The smallest absolute Gasteiger partial charge is 0.235 e. The maximum atomic E-state index is 6.31. The van der Waals surface area contributed by atoms with E-state index < -0.39 is 0 Å². The fraction of sp³-hybridized carbons (Fsp3) is 0. The SMILES string of the molecule is c1ccc2cc(-c3nc(-n4c5ccc6ccccc6c5c5cc6ccccc6c(-c6ccc7oc8ccccc8c7c6)c54)nc4ccccc34)ccc2c1. The standard InChI is InChI=1S/C50H29N3O/c1-2-13-32-27-35(22-21-30(32)11-1)48-39-18-7-9-19-42(39)51-50(52-48)53-43-25-23-31-12-3-5-15-36(31)47(43)41-28-33-14-4-6-16-37(33)46(49(41)53)34-24-26-45-40(29-34)38-17-8-10-20-44(38)54-45/h1-29H. The molecule has 12 rings (SSSR count). The summed E-state index contributed by atoms with van der Waals surface area (Å²) in [5.41, 5.74) is 9.02. The molecule has 0 saturated heterocycles. The van der Waals surface area contributed by atoms with E-state index in [0.717, 1.165) is 71.6 Å². The Kier molecular flexibility index (Phi) is 6.02. The van der Waals surface area contributed by atoms with E-state index in [1.165, 1.54) is 37.7 Å². The molecule has 0 bridgehead atoms. The number of hydrogen-bond acceptors (Lipinski definition) is 3. The monoisotopic (exact) mass is 687 g/mol. The molecule has 4 heteroatoms. The summed E-state index contributed by atoms with van der Waals surface area (Å²) < 4.78 is 8.62. The van der Waals surface area contributed by atoms with Crippen LogP contribution in [-0.2, 0) is 0 Å². The first-order chi connectivity index (χ1) is 26.8. The second-order valence-electron chi connectivity index (χ2n) is 14.1. The molecule has 12 aromatic rings. The van der Waals surface area contributed by atoms with Crippen molar-refractivity contribution < 1.29 is 4.42 Å². The second kappa shape index (κ2) is 11.1. The third-order valence-corrected chi connectivity index (χ3v) is 11.1. The van der Waals surface area contributed by atoms with Crippen molar-refractivity contribution in [2.24, 2.45) is 0 Å². The highest BCUT2D eigenvalue weighted by Crippen LogP contribution is 2.46. The number of para-hydroxylation sites is 2. The molecule has 9 aromatic carbocycles.